The molecule has 0 aliphatic rings. The number of hydrogen-bond donors (Lipinski definition) is 0. The fraction of sp³-hybridized carbons (Fsp3) is 0.222. The maximum absolute atomic E-state index is 5.63. The quantitative estimate of drug-likeness (QED) is 0.123. The van der Waals surface area contributed by atoms with Crippen molar-refractivity contribution in [1.82, 2.24) is 19.1 Å². The van der Waals surface area contributed by atoms with E-state index in [4.69, 9.17) is 14.7 Å². The zero-order valence-electron chi connectivity index (χ0n) is 35.9. The van der Waals surface area contributed by atoms with E-state index in [1.54, 1.807) is 7.11 Å². The molecule has 2 heterocycles. The average Bonchev–Trinajstić information content (AvgIpc) is 3.82. The van der Waals surface area contributed by atoms with Crippen LogP contribution in [0, 0.1) is 46.8 Å². The van der Waals surface area contributed by atoms with E-state index < -0.39 is 0 Å². The summed E-state index contributed by atoms with van der Waals surface area (Å²) in [7, 11) is 5.93. The van der Waals surface area contributed by atoms with Crippen LogP contribution in [-0.4, -0.2) is 32.3 Å². The maximum atomic E-state index is 5.63. The molecule has 1 atom stereocenters. The van der Waals surface area contributed by atoms with Crippen LogP contribution >= 0.6 is 0 Å². The second kappa shape index (κ2) is 16.4. The van der Waals surface area contributed by atoms with E-state index in [9.17, 15) is 0 Å². The fourth-order valence-electron chi connectivity index (χ4n) is 9.88. The summed E-state index contributed by atoms with van der Waals surface area (Å²) in [6, 6.07) is 42.0. The van der Waals surface area contributed by atoms with E-state index in [0.29, 0.717) is 0 Å². The van der Waals surface area contributed by atoms with Gasteiger partial charge in [-0.05, 0) is 97.2 Å². The van der Waals surface area contributed by atoms with E-state index in [1.165, 1.54) is 93.5 Å². The Morgan fingerprint density at radius 2 is 1.02 bits per heavy atom. The number of fused-ring (bicyclic) bond motifs is 12. The number of aromatic nitrogens is 4. The Balaban J connectivity index is 0.000000166. The third-order valence-corrected chi connectivity index (χ3v) is 12.3. The molecule has 5 nitrogen and oxygen atoms in total. The SMILES string of the molecule is CCC(Cc1cc(C)c(-c2cc[c-]c3c4ncn(C)c4c4ccccc4c23)c(C)c1)OC.Cc1cc(C)c(-c2cc[c-]c3c4ncn(C)c4c4ccccc4c23)c(C)c1.[Ir]. The molecular weight excluding hydrogens is 913 g/mol. The molecule has 0 fully saturated rings. The van der Waals surface area contributed by atoms with Gasteiger partial charge in [0.15, 0.2) is 0 Å². The van der Waals surface area contributed by atoms with Gasteiger partial charge in [0, 0.05) is 63.4 Å². The molecule has 0 saturated heterocycles. The Morgan fingerprint density at radius 3 is 1.43 bits per heavy atom. The van der Waals surface area contributed by atoms with Gasteiger partial charge in [-0.2, -0.15) is 0 Å². The first-order valence-electron chi connectivity index (χ1n) is 20.6. The van der Waals surface area contributed by atoms with E-state index in [-0.39, 0.29) is 26.2 Å². The third kappa shape index (κ3) is 6.81. The summed E-state index contributed by atoms with van der Waals surface area (Å²) < 4.78 is 9.86. The number of aryl methyl sites for hydroxylation is 7. The third-order valence-electron chi connectivity index (χ3n) is 12.3. The van der Waals surface area contributed by atoms with Crippen LogP contribution in [0.3, 0.4) is 0 Å². The molecular formula is C54H50IrN4O-2. The van der Waals surface area contributed by atoms with Crippen molar-refractivity contribution in [2.24, 2.45) is 14.1 Å². The van der Waals surface area contributed by atoms with E-state index in [2.05, 4.69) is 162 Å². The first kappa shape index (κ1) is 41.1. The summed E-state index contributed by atoms with van der Waals surface area (Å²) in [4.78, 5) is 9.48. The fourth-order valence-corrected chi connectivity index (χ4v) is 9.88. The van der Waals surface area contributed by atoms with Gasteiger partial charge < -0.3 is 13.9 Å². The second-order valence-electron chi connectivity index (χ2n) is 16.3. The molecule has 10 rings (SSSR count). The van der Waals surface area contributed by atoms with Gasteiger partial charge in [0.1, 0.15) is 0 Å². The summed E-state index contributed by atoms with van der Waals surface area (Å²) in [5.74, 6) is 0. The van der Waals surface area contributed by atoms with Gasteiger partial charge in [0.25, 0.3) is 0 Å². The number of ether oxygens (including phenoxy) is 1. The molecule has 0 N–H and O–H groups in total. The first-order chi connectivity index (χ1) is 28.6. The molecule has 8 aromatic carbocycles. The molecule has 1 unspecified atom stereocenters. The zero-order chi connectivity index (χ0) is 41.1. The second-order valence-corrected chi connectivity index (χ2v) is 16.3. The summed E-state index contributed by atoms with van der Waals surface area (Å²) in [5, 5.41) is 9.64. The Labute approximate surface area is 366 Å². The number of nitrogens with zero attached hydrogens (tertiary/aromatic N) is 4. The molecule has 1 radical (unpaired) electrons. The molecule has 0 spiro atoms. The topological polar surface area (TPSA) is 44.9 Å². The van der Waals surface area contributed by atoms with Gasteiger partial charge in [-0.1, -0.05) is 118 Å². The number of benzene rings is 8. The van der Waals surface area contributed by atoms with Crippen molar-refractivity contribution >= 4 is 65.2 Å². The van der Waals surface area contributed by atoms with Crippen molar-refractivity contribution in [1.29, 1.82) is 0 Å². The Hall–Kier alpha value is -5.65. The van der Waals surface area contributed by atoms with Gasteiger partial charge in [-0.3, -0.25) is 9.97 Å². The minimum absolute atomic E-state index is 0. The first-order valence-corrected chi connectivity index (χ1v) is 20.6. The van der Waals surface area contributed by atoms with Crippen LogP contribution in [0.1, 0.15) is 46.7 Å². The zero-order valence-corrected chi connectivity index (χ0v) is 38.3. The van der Waals surface area contributed by atoms with Crippen LogP contribution in [0.4, 0.5) is 0 Å². The molecule has 0 aliphatic heterocycles. The van der Waals surface area contributed by atoms with Crippen LogP contribution in [0.25, 0.3) is 87.4 Å². The van der Waals surface area contributed by atoms with Crippen molar-refractivity contribution in [2.75, 3.05) is 7.11 Å². The molecule has 2 aromatic heterocycles. The van der Waals surface area contributed by atoms with Gasteiger partial charge in [0.2, 0.25) is 0 Å². The van der Waals surface area contributed by atoms with E-state index >= 15 is 0 Å². The minimum Gasteiger partial charge on any atom is -0.381 e. The predicted molar refractivity (Wildman–Crippen MR) is 248 cm³/mol. The maximum Gasteiger partial charge on any atom is 0.0840 e. The van der Waals surface area contributed by atoms with E-state index in [0.717, 1.165) is 40.2 Å². The normalized spacial score (nSPS) is 12.1. The molecule has 303 valence electrons. The van der Waals surface area contributed by atoms with Gasteiger partial charge in [0.05, 0.1) is 18.8 Å². The van der Waals surface area contributed by atoms with Gasteiger partial charge in [-0.25, -0.2) is 0 Å². The van der Waals surface area contributed by atoms with Crippen molar-refractivity contribution in [3.63, 3.8) is 0 Å². The number of rotatable bonds is 6. The van der Waals surface area contributed by atoms with Crippen molar-refractivity contribution in [3.8, 4) is 22.3 Å². The van der Waals surface area contributed by atoms with E-state index in [1.807, 2.05) is 24.8 Å². The smallest absolute Gasteiger partial charge is 0.0840 e. The number of methoxy groups -OCH3 is 1. The molecule has 6 heteroatoms. The molecule has 0 aliphatic carbocycles. The Morgan fingerprint density at radius 1 is 0.600 bits per heavy atom. The molecule has 60 heavy (non-hydrogen) atoms. The van der Waals surface area contributed by atoms with Crippen molar-refractivity contribution in [3.05, 3.63) is 155 Å². The summed E-state index contributed by atoms with van der Waals surface area (Å²) in [6.07, 6.45) is 6.02. The summed E-state index contributed by atoms with van der Waals surface area (Å²) in [5.41, 5.74) is 17.4. The van der Waals surface area contributed by atoms with Crippen molar-refractivity contribution in [2.45, 2.75) is 60.5 Å². The molecule has 10 aromatic rings. The monoisotopic (exact) mass is 963 g/mol. The molecule has 0 amide bonds. The van der Waals surface area contributed by atoms with Crippen LogP contribution in [0.5, 0.6) is 0 Å². The largest absolute Gasteiger partial charge is 0.381 e. The Kier molecular flexibility index (Phi) is 11.3. The average molecular weight is 963 g/mol. The minimum atomic E-state index is 0. The standard InChI is InChI=1S/C29H29N2O.C25H21N2.Ir/c1-6-21(32-5)16-20-14-18(2)26(19(3)15-20)24-12-9-13-25-27(24)22-10-7-8-11-23(22)29-28(25)30-17-31(29)4;1-15-12-16(2)22(17(3)13-15)20-10-7-11-21-23(20)18-8-5-6-9-19(18)25-24(21)26-14-27(25)4;/h7-12,14-15,17,21H,6,16H2,1-5H3;5-10,12-14H,1-4H3;/q2*-1;. The molecule has 0 saturated carbocycles. The van der Waals surface area contributed by atoms with Crippen LogP contribution in [-0.2, 0) is 45.4 Å². The van der Waals surface area contributed by atoms with Gasteiger partial charge >= 0.3 is 0 Å². The predicted octanol–water partition coefficient (Wildman–Crippen LogP) is 13.2. The number of imidazole rings is 2. The van der Waals surface area contributed by atoms with Crippen molar-refractivity contribution < 1.29 is 24.8 Å². The molecule has 0 bridgehead atoms. The van der Waals surface area contributed by atoms with Crippen LogP contribution in [0.2, 0.25) is 0 Å². The van der Waals surface area contributed by atoms with Crippen LogP contribution in [0.15, 0.2) is 110 Å². The van der Waals surface area contributed by atoms with Crippen LogP contribution < -0.4 is 0 Å². The van der Waals surface area contributed by atoms with Gasteiger partial charge in [-0.15, -0.1) is 47.2 Å². The summed E-state index contributed by atoms with van der Waals surface area (Å²) in [6.45, 7) is 13.2. The number of hydrogen-bond acceptors (Lipinski definition) is 3. The summed E-state index contributed by atoms with van der Waals surface area (Å²) >= 11 is 0. The Bertz CT molecular complexity index is 3210.